The third-order valence-corrected chi connectivity index (χ3v) is 12.6. The van der Waals surface area contributed by atoms with Crippen molar-refractivity contribution in [3.8, 4) is 0 Å². The van der Waals surface area contributed by atoms with Crippen molar-refractivity contribution < 1.29 is 4.21 Å². The molecule has 0 aliphatic carbocycles. The second-order valence-electron chi connectivity index (χ2n) is 11.1. The predicted octanol–water partition coefficient (Wildman–Crippen LogP) is 9.62. The summed E-state index contributed by atoms with van der Waals surface area (Å²) in [6.45, 7) is 32.4. The maximum absolute atomic E-state index is 10.3. The van der Waals surface area contributed by atoms with Crippen molar-refractivity contribution in [1.29, 1.82) is 0 Å². The molecule has 0 aliphatic rings. The Kier molecular flexibility index (Phi) is 16.5. The van der Waals surface area contributed by atoms with Gasteiger partial charge in [0.05, 0.1) is 4.75 Å². The smallest absolute Gasteiger partial charge is 0.120 e. The van der Waals surface area contributed by atoms with Crippen molar-refractivity contribution in [2.75, 3.05) is 0 Å². The Morgan fingerprint density at radius 1 is 0.481 bits per heavy atom. The van der Waals surface area contributed by atoms with Crippen molar-refractivity contribution in [2.45, 2.75) is 128 Å². The number of halogens is 1. The van der Waals surface area contributed by atoms with Gasteiger partial charge in [-0.05, 0) is 31.5 Å². The minimum absolute atomic E-state index is 0.262. The van der Waals surface area contributed by atoms with Crippen molar-refractivity contribution >= 4 is 63.9 Å². The largest absolute Gasteiger partial charge is 0.242 e. The van der Waals surface area contributed by atoms with Crippen molar-refractivity contribution in [2.24, 2.45) is 0 Å². The molecule has 1 unspecified atom stereocenters. The fourth-order valence-corrected chi connectivity index (χ4v) is 4.50. The fourth-order valence-electron chi connectivity index (χ4n) is 0.500. The molecule has 0 amide bonds. The summed E-state index contributed by atoms with van der Waals surface area (Å²) in [5.74, 6) is 0. The van der Waals surface area contributed by atoms with E-state index in [2.05, 4.69) is 83.1 Å². The van der Waals surface area contributed by atoms with Crippen LogP contribution in [0.4, 0.5) is 0 Å². The van der Waals surface area contributed by atoms with Crippen LogP contribution in [0.5, 0.6) is 0 Å². The Morgan fingerprint density at radius 2 is 0.593 bits per heavy atom. The third-order valence-electron chi connectivity index (χ3n) is 1.56. The van der Waals surface area contributed by atoms with Gasteiger partial charge < -0.3 is 0 Å². The standard InChI is InChI=1S/2C8H18S2.C4H9ClOS/c2*1-7(2,3)9-10-8(4,5)6;1-4(2,3)7(5)6/h2*1-6H3;1-3H3. The third kappa shape index (κ3) is 39.0. The average molecular weight is 497 g/mol. The monoisotopic (exact) mass is 496 g/mol. The Labute approximate surface area is 194 Å². The highest BCUT2D eigenvalue weighted by Gasteiger charge is 2.19. The van der Waals surface area contributed by atoms with Crippen LogP contribution in [0.15, 0.2) is 0 Å². The summed E-state index contributed by atoms with van der Waals surface area (Å²) in [6, 6.07) is 0. The summed E-state index contributed by atoms with van der Waals surface area (Å²) in [6.07, 6.45) is 0. The van der Waals surface area contributed by atoms with Gasteiger partial charge in [-0.25, -0.2) is 4.21 Å². The summed E-state index contributed by atoms with van der Waals surface area (Å²) < 4.78 is 11.6. The summed E-state index contributed by atoms with van der Waals surface area (Å²) >= 11 is 0. The first-order valence-electron chi connectivity index (χ1n) is 9.17. The molecule has 1 nitrogen and oxygen atoms in total. The molecular formula is C20H45ClOS5. The summed E-state index contributed by atoms with van der Waals surface area (Å²) in [4.78, 5) is 0. The molecule has 0 heterocycles. The van der Waals surface area contributed by atoms with E-state index in [9.17, 15) is 4.21 Å². The highest BCUT2D eigenvalue weighted by Crippen LogP contribution is 2.43. The molecule has 0 saturated carbocycles. The van der Waals surface area contributed by atoms with E-state index in [1.165, 1.54) is 0 Å². The zero-order chi connectivity index (χ0) is 22.9. The van der Waals surface area contributed by atoms with Crippen molar-refractivity contribution in [3.05, 3.63) is 0 Å². The molecule has 0 aromatic rings. The molecule has 7 heteroatoms. The lowest BCUT2D eigenvalue weighted by Crippen LogP contribution is -2.16. The van der Waals surface area contributed by atoms with Crippen LogP contribution in [-0.4, -0.2) is 27.9 Å². The number of hydrogen-bond donors (Lipinski definition) is 0. The molecule has 0 aliphatic heterocycles. The van der Waals surface area contributed by atoms with Gasteiger partial charge in [0.2, 0.25) is 0 Å². The highest BCUT2D eigenvalue weighted by atomic mass is 35.7. The van der Waals surface area contributed by atoms with Crippen molar-refractivity contribution in [3.63, 3.8) is 0 Å². The first kappa shape index (κ1) is 33.5. The Balaban J connectivity index is -0.000000326. The molecule has 0 aromatic heterocycles. The molecule has 0 fully saturated rings. The molecule has 0 radical (unpaired) electrons. The molecular weight excluding hydrogens is 452 g/mol. The first-order chi connectivity index (χ1) is 11.4. The van der Waals surface area contributed by atoms with Gasteiger partial charge in [-0.2, -0.15) is 0 Å². The lowest BCUT2D eigenvalue weighted by Gasteiger charge is -2.23. The summed E-state index contributed by atoms with van der Waals surface area (Å²) in [5.41, 5.74) is 0. The molecule has 0 saturated heterocycles. The zero-order valence-corrected chi connectivity index (χ0v) is 25.2. The van der Waals surface area contributed by atoms with E-state index < -0.39 is 10.0 Å². The second kappa shape index (κ2) is 13.3. The van der Waals surface area contributed by atoms with Gasteiger partial charge >= 0.3 is 0 Å². The van der Waals surface area contributed by atoms with E-state index in [-0.39, 0.29) is 4.75 Å². The second-order valence-corrected chi connectivity index (χ2v) is 21.2. The van der Waals surface area contributed by atoms with E-state index in [1.54, 1.807) is 0 Å². The maximum Gasteiger partial charge on any atom is 0.120 e. The van der Waals surface area contributed by atoms with Crippen LogP contribution < -0.4 is 0 Å². The molecule has 27 heavy (non-hydrogen) atoms. The summed E-state index contributed by atoms with van der Waals surface area (Å²) in [7, 11) is 11.8. The lowest BCUT2D eigenvalue weighted by molar-refractivity contribution is 0.660. The van der Waals surface area contributed by atoms with Gasteiger partial charge in [-0.1, -0.05) is 126 Å². The van der Waals surface area contributed by atoms with Crippen LogP contribution in [0.1, 0.15) is 104 Å². The molecule has 0 N–H and O–H groups in total. The van der Waals surface area contributed by atoms with Gasteiger partial charge in [0.1, 0.15) is 10.0 Å². The van der Waals surface area contributed by atoms with Crippen LogP contribution in [-0.2, 0) is 10.0 Å². The van der Waals surface area contributed by atoms with Gasteiger partial charge in [0.25, 0.3) is 0 Å². The van der Waals surface area contributed by atoms with Gasteiger partial charge in [-0.15, -0.1) is 0 Å². The van der Waals surface area contributed by atoms with Gasteiger partial charge in [-0.3, -0.25) is 0 Å². The lowest BCUT2D eigenvalue weighted by atomic mass is 10.3. The maximum atomic E-state index is 10.3. The Bertz CT molecular complexity index is 349. The summed E-state index contributed by atoms with van der Waals surface area (Å²) in [5, 5.41) is 0. The van der Waals surface area contributed by atoms with Gasteiger partial charge in [0, 0.05) is 19.0 Å². The minimum Gasteiger partial charge on any atom is -0.242 e. The van der Waals surface area contributed by atoms with Crippen LogP contribution in [0, 0.1) is 0 Å². The Hall–Kier alpha value is 1.84. The average Bonchev–Trinajstić information content (AvgIpc) is 2.31. The quantitative estimate of drug-likeness (QED) is 0.278. The first-order valence-corrected chi connectivity index (χ1v) is 15.5. The topological polar surface area (TPSA) is 17.1 Å². The highest BCUT2D eigenvalue weighted by molar-refractivity contribution is 8.77. The van der Waals surface area contributed by atoms with Crippen LogP contribution in [0.25, 0.3) is 0 Å². The molecule has 0 spiro atoms. The normalized spacial score (nSPS) is 14.5. The van der Waals surface area contributed by atoms with Crippen LogP contribution >= 0.6 is 53.9 Å². The van der Waals surface area contributed by atoms with E-state index in [4.69, 9.17) is 10.7 Å². The molecule has 0 rings (SSSR count). The van der Waals surface area contributed by atoms with E-state index in [1.807, 2.05) is 63.9 Å². The predicted molar refractivity (Wildman–Crippen MR) is 143 cm³/mol. The fraction of sp³-hybridized carbons (Fsp3) is 1.00. The number of rotatable bonds is 2. The molecule has 0 bridgehead atoms. The van der Waals surface area contributed by atoms with Crippen molar-refractivity contribution in [1.82, 2.24) is 0 Å². The molecule has 1 atom stereocenters. The molecule has 0 aromatic carbocycles. The minimum atomic E-state index is -1.21. The molecule has 168 valence electrons. The van der Waals surface area contributed by atoms with Gasteiger partial charge in [0.15, 0.2) is 0 Å². The van der Waals surface area contributed by atoms with E-state index >= 15 is 0 Å². The zero-order valence-electron chi connectivity index (χ0n) is 20.3. The van der Waals surface area contributed by atoms with Crippen LogP contribution in [0.2, 0.25) is 0 Å². The van der Waals surface area contributed by atoms with E-state index in [0.29, 0.717) is 19.0 Å². The number of hydrogen-bond acceptors (Lipinski definition) is 5. The van der Waals surface area contributed by atoms with Crippen LogP contribution in [0.3, 0.4) is 0 Å². The van der Waals surface area contributed by atoms with E-state index in [0.717, 1.165) is 0 Å². The Morgan fingerprint density at radius 3 is 0.630 bits per heavy atom. The SMILES string of the molecule is CC(C)(C)S(=O)Cl.CC(C)(C)SSC(C)(C)C.CC(C)(C)SSC(C)(C)C.